The summed E-state index contributed by atoms with van der Waals surface area (Å²) >= 11 is 0. The monoisotopic (exact) mass is 581 g/mol. The average molecular weight is 581 g/mol. The summed E-state index contributed by atoms with van der Waals surface area (Å²) in [7, 11) is 0. The molecule has 0 rings (SSSR count). The maximum Gasteiger partial charge on any atom is 0.0466 e. The zero-order chi connectivity index (χ0) is 29.6. The van der Waals surface area contributed by atoms with Crippen molar-refractivity contribution in [3.05, 3.63) is 0 Å². The normalized spacial score (nSPS) is 11.6. The topological polar surface area (TPSA) is 18.5 Å². The van der Waals surface area contributed by atoms with Crippen LogP contribution in [0.25, 0.3) is 0 Å². The fourth-order valence-electron chi connectivity index (χ4n) is 5.94. The summed E-state index contributed by atoms with van der Waals surface area (Å²) in [6, 6.07) is 0. The van der Waals surface area contributed by atoms with Gasteiger partial charge in [0.05, 0.1) is 0 Å². The Kier molecular flexibility index (Phi) is 39.8. The van der Waals surface area contributed by atoms with E-state index in [9.17, 15) is 0 Å². The van der Waals surface area contributed by atoms with Crippen LogP contribution in [-0.2, 0) is 9.47 Å². The van der Waals surface area contributed by atoms with E-state index in [2.05, 4.69) is 13.8 Å². The SMILES string of the molecule is CCCCCCCCCCCCCCCCCOCCCCCOCCCCCCCCCCCCCCCCC. The molecule has 0 heterocycles. The predicted molar refractivity (Wildman–Crippen MR) is 185 cm³/mol. The molecule has 41 heavy (non-hydrogen) atoms. The molecule has 0 atom stereocenters. The summed E-state index contributed by atoms with van der Waals surface area (Å²) < 4.78 is 11.7. The standard InChI is InChI=1S/C39H80O2/c1-3-5-7-9-11-13-15-17-19-21-23-25-27-29-32-36-40-38-34-31-35-39-41-37-33-30-28-26-24-22-20-18-16-14-12-10-8-6-4-2/h3-39H2,1-2H3. The molecule has 2 heteroatoms. The molecular weight excluding hydrogens is 500 g/mol. The Morgan fingerprint density at radius 2 is 0.341 bits per heavy atom. The van der Waals surface area contributed by atoms with Crippen LogP contribution < -0.4 is 0 Å². The molecule has 0 aromatic rings. The average Bonchev–Trinajstić information content (AvgIpc) is 2.98. The van der Waals surface area contributed by atoms with Gasteiger partial charge in [0.2, 0.25) is 0 Å². The Balaban J connectivity index is 3.02. The van der Waals surface area contributed by atoms with Gasteiger partial charge in [-0.05, 0) is 32.1 Å². The van der Waals surface area contributed by atoms with E-state index < -0.39 is 0 Å². The Morgan fingerprint density at radius 3 is 0.537 bits per heavy atom. The van der Waals surface area contributed by atoms with E-state index in [4.69, 9.17) is 9.47 Å². The molecular formula is C39H80O2. The molecule has 0 unspecified atom stereocenters. The third-order valence-electron chi connectivity index (χ3n) is 8.86. The van der Waals surface area contributed by atoms with Gasteiger partial charge in [0.15, 0.2) is 0 Å². The molecule has 0 aliphatic heterocycles. The number of hydrogen-bond donors (Lipinski definition) is 0. The van der Waals surface area contributed by atoms with Crippen LogP contribution in [-0.4, -0.2) is 26.4 Å². The van der Waals surface area contributed by atoms with Gasteiger partial charge in [0, 0.05) is 26.4 Å². The molecule has 0 aromatic heterocycles. The van der Waals surface area contributed by atoms with E-state index >= 15 is 0 Å². The fraction of sp³-hybridized carbons (Fsp3) is 1.00. The molecule has 0 saturated heterocycles. The second-order valence-electron chi connectivity index (χ2n) is 13.2. The summed E-state index contributed by atoms with van der Waals surface area (Å²) in [4.78, 5) is 0. The molecule has 0 aliphatic carbocycles. The van der Waals surface area contributed by atoms with Gasteiger partial charge in [-0.2, -0.15) is 0 Å². The van der Waals surface area contributed by atoms with Crippen molar-refractivity contribution in [1.29, 1.82) is 0 Å². The lowest BCUT2D eigenvalue weighted by Crippen LogP contribution is -2.00. The predicted octanol–water partition coefficient (Wildman–Crippen LogP) is 13.9. The Hall–Kier alpha value is -0.0800. The van der Waals surface area contributed by atoms with Gasteiger partial charge in [0.25, 0.3) is 0 Å². The first kappa shape index (κ1) is 40.9. The highest BCUT2D eigenvalue weighted by Gasteiger charge is 1.97. The van der Waals surface area contributed by atoms with Crippen molar-refractivity contribution in [2.75, 3.05) is 26.4 Å². The molecule has 0 N–H and O–H groups in total. The summed E-state index contributed by atoms with van der Waals surface area (Å²) in [5.41, 5.74) is 0. The van der Waals surface area contributed by atoms with Crippen LogP contribution >= 0.6 is 0 Å². The molecule has 0 aromatic carbocycles. The lowest BCUT2D eigenvalue weighted by atomic mass is 10.0. The molecule has 0 radical (unpaired) electrons. The second-order valence-corrected chi connectivity index (χ2v) is 13.2. The van der Waals surface area contributed by atoms with Crippen LogP contribution in [0.1, 0.15) is 226 Å². The van der Waals surface area contributed by atoms with Crippen molar-refractivity contribution in [3.8, 4) is 0 Å². The van der Waals surface area contributed by atoms with Crippen LogP contribution in [0.3, 0.4) is 0 Å². The third-order valence-corrected chi connectivity index (χ3v) is 8.86. The number of unbranched alkanes of at least 4 members (excludes halogenated alkanes) is 30. The second kappa shape index (κ2) is 39.9. The lowest BCUT2D eigenvalue weighted by Gasteiger charge is -2.06. The zero-order valence-corrected chi connectivity index (χ0v) is 29.0. The largest absolute Gasteiger partial charge is 0.381 e. The minimum atomic E-state index is 0.942. The quantitative estimate of drug-likeness (QED) is 0.0676. The maximum atomic E-state index is 5.85. The minimum Gasteiger partial charge on any atom is -0.381 e. The van der Waals surface area contributed by atoms with E-state index in [1.165, 1.54) is 212 Å². The van der Waals surface area contributed by atoms with Gasteiger partial charge in [0.1, 0.15) is 0 Å². The van der Waals surface area contributed by atoms with Gasteiger partial charge in [-0.15, -0.1) is 0 Å². The van der Waals surface area contributed by atoms with Gasteiger partial charge >= 0.3 is 0 Å². The third kappa shape index (κ3) is 39.9. The van der Waals surface area contributed by atoms with Gasteiger partial charge in [-0.3, -0.25) is 0 Å². The van der Waals surface area contributed by atoms with Crippen LogP contribution in [0, 0.1) is 0 Å². The first-order chi connectivity index (χ1) is 20.4. The number of ether oxygens (including phenoxy) is 2. The Morgan fingerprint density at radius 1 is 0.195 bits per heavy atom. The molecule has 0 spiro atoms. The van der Waals surface area contributed by atoms with E-state index in [1.54, 1.807) is 0 Å². The van der Waals surface area contributed by atoms with Crippen molar-refractivity contribution in [1.82, 2.24) is 0 Å². The van der Waals surface area contributed by atoms with Gasteiger partial charge in [-0.25, -0.2) is 0 Å². The van der Waals surface area contributed by atoms with Crippen LogP contribution in [0.4, 0.5) is 0 Å². The van der Waals surface area contributed by atoms with Crippen LogP contribution in [0.2, 0.25) is 0 Å². The molecule has 0 amide bonds. The first-order valence-corrected chi connectivity index (χ1v) is 19.6. The highest BCUT2D eigenvalue weighted by atomic mass is 16.5. The highest BCUT2D eigenvalue weighted by molar-refractivity contribution is 4.51. The molecule has 248 valence electrons. The smallest absolute Gasteiger partial charge is 0.0466 e. The van der Waals surface area contributed by atoms with Crippen molar-refractivity contribution in [2.45, 2.75) is 226 Å². The van der Waals surface area contributed by atoms with Crippen LogP contribution in [0.15, 0.2) is 0 Å². The number of rotatable bonds is 38. The van der Waals surface area contributed by atoms with Crippen molar-refractivity contribution < 1.29 is 9.47 Å². The molecule has 0 fully saturated rings. The fourth-order valence-corrected chi connectivity index (χ4v) is 5.94. The van der Waals surface area contributed by atoms with E-state index in [1.807, 2.05) is 0 Å². The molecule has 0 bridgehead atoms. The van der Waals surface area contributed by atoms with E-state index in [0.717, 1.165) is 26.4 Å². The van der Waals surface area contributed by atoms with Crippen LogP contribution in [0.5, 0.6) is 0 Å². The molecule has 0 saturated carbocycles. The Bertz CT molecular complexity index is 386. The zero-order valence-electron chi connectivity index (χ0n) is 29.0. The lowest BCUT2D eigenvalue weighted by molar-refractivity contribution is 0.111. The number of hydrogen-bond acceptors (Lipinski definition) is 2. The highest BCUT2D eigenvalue weighted by Crippen LogP contribution is 2.15. The summed E-state index contributed by atoms with van der Waals surface area (Å²) in [5.74, 6) is 0. The van der Waals surface area contributed by atoms with Crippen molar-refractivity contribution in [3.63, 3.8) is 0 Å². The van der Waals surface area contributed by atoms with E-state index in [-0.39, 0.29) is 0 Å². The first-order valence-electron chi connectivity index (χ1n) is 19.6. The van der Waals surface area contributed by atoms with Crippen molar-refractivity contribution >= 4 is 0 Å². The summed E-state index contributed by atoms with van der Waals surface area (Å²) in [6.07, 6.45) is 46.4. The van der Waals surface area contributed by atoms with E-state index in [0.29, 0.717) is 0 Å². The molecule has 0 aliphatic rings. The minimum absolute atomic E-state index is 0.942. The maximum absolute atomic E-state index is 5.85. The summed E-state index contributed by atoms with van der Waals surface area (Å²) in [6.45, 7) is 8.42. The summed E-state index contributed by atoms with van der Waals surface area (Å²) in [5, 5.41) is 0. The molecule has 2 nitrogen and oxygen atoms in total. The Labute approximate surface area is 261 Å². The van der Waals surface area contributed by atoms with Gasteiger partial charge < -0.3 is 9.47 Å². The van der Waals surface area contributed by atoms with Crippen molar-refractivity contribution in [2.24, 2.45) is 0 Å². The van der Waals surface area contributed by atoms with Gasteiger partial charge in [-0.1, -0.05) is 194 Å².